The molecule has 0 aromatic heterocycles. The number of hydrogen-bond donors (Lipinski definition) is 1. The van der Waals surface area contributed by atoms with Crippen LogP contribution in [0.2, 0.25) is 0 Å². The second kappa shape index (κ2) is 4.31. The summed E-state index contributed by atoms with van der Waals surface area (Å²) >= 11 is 0. The van der Waals surface area contributed by atoms with Gasteiger partial charge < -0.3 is 5.73 Å². The van der Waals surface area contributed by atoms with Crippen LogP contribution in [0.4, 0.5) is 32.0 Å². The second-order valence-corrected chi connectivity index (χ2v) is 3.18. The van der Waals surface area contributed by atoms with E-state index in [1.807, 2.05) is 0 Å². The zero-order valence-corrected chi connectivity index (χ0v) is 8.23. The molecule has 0 aliphatic heterocycles. The van der Waals surface area contributed by atoms with Crippen LogP contribution < -0.4 is 5.73 Å². The molecule has 0 aliphatic rings. The van der Waals surface area contributed by atoms with Gasteiger partial charge in [0.1, 0.15) is 5.57 Å². The Kier molecular flexibility index (Phi) is 3.40. The number of alkyl halides is 6. The molecule has 1 rings (SSSR count). The smallest absolute Gasteiger partial charge is 0.398 e. The van der Waals surface area contributed by atoms with Crippen LogP contribution in [-0.4, -0.2) is 12.4 Å². The summed E-state index contributed by atoms with van der Waals surface area (Å²) in [5.41, 5.74) is 2.22. The normalized spacial score (nSPS) is 12.4. The van der Waals surface area contributed by atoms with Crippen molar-refractivity contribution in [2.75, 3.05) is 5.73 Å². The van der Waals surface area contributed by atoms with Gasteiger partial charge in [0.25, 0.3) is 0 Å². The lowest BCUT2D eigenvalue weighted by Crippen LogP contribution is -2.25. The van der Waals surface area contributed by atoms with Crippen molar-refractivity contribution in [2.24, 2.45) is 0 Å². The van der Waals surface area contributed by atoms with Crippen molar-refractivity contribution in [3.63, 3.8) is 0 Å². The van der Waals surface area contributed by atoms with Gasteiger partial charge in [0, 0.05) is 5.69 Å². The molecule has 0 heterocycles. The van der Waals surface area contributed by atoms with Crippen molar-refractivity contribution in [1.29, 1.82) is 0 Å². The van der Waals surface area contributed by atoms with Crippen LogP contribution >= 0.6 is 0 Å². The fraction of sp³-hybridized carbons (Fsp3) is 0.200. The minimum atomic E-state index is -5.47. The lowest BCUT2D eigenvalue weighted by Gasteiger charge is -2.15. The van der Waals surface area contributed by atoms with Crippen LogP contribution in [0, 0.1) is 0 Å². The molecule has 17 heavy (non-hydrogen) atoms. The molecule has 7 heteroatoms. The van der Waals surface area contributed by atoms with Gasteiger partial charge in [-0.05, 0) is 17.7 Å². The number of para-hydroxylation sites is 1. The van der Waals surface area contributed by atoms with E-state index in [1.165, 1.54) is 18.2 Å². The van der Waals surface area contributed by atoms with Gasteiger partial charge in [-0.15, -0.1) is 0 Å². The number of halogens is 6. The van der Waals surface area contributed by atoms with E-state index >= 15 is 0 Å². The molecule has 0 saturated carbocycles. The average Bonchev–Trinajstić information content (AvgIpc) is 2.12. The number of allylic oxidation sites excluding steroid dienone is 1. The average molecular weight is 255 g/mol. The van der Waals surface area contributed by atoms with Crippen molar-refractivity contribution >= 4 is 11.8 Å². The van der Waals surface area contributed by atoms with E-state index in [9.17, 15) is 26.3 Å². The molecule has 1 aromatic rings. The molecular formula is C10H7F6N. The molecule has 94 valence electrons. The van der Waals surface area contributed by atoms with E-state index in [-0.39, 0.29) is 17.3 Å². The first kappa shape index (κ1) is 13.4. The topological polar surface area (TPSA) is 26.0 Å². The van der Waals surface area contributed by atoms with Gasteiger partial charge in [-0.3, -0.25) is 0 Å². The van der Waals surface area contributed by atoms with Crippen LogP contribution in [0.15, 0.2) is 29.8 Å². The number of rotatable bonds is 1. The van der Waals surface area contributed by atoms with Crippen LogP contribution in [-0.2, 0) is 0 Å². The fourth-order valence-corrected chi connectivity index (χ4v) is 1.12. The summed E-state index contributed by atoms with van der Waals surface area (Å²) in [5.74, 6) is 0. The number of anilines is 1. The zero-order chi connectivity index (χ0) is 13.3. The number of hydrogen-bond acceptors (Lipinski definition) is 1. The van der Waals surface area contributed by atoms with Gasteiger partial charge in [0.15, 0.2) is 0 Å². The van der Waals surface area contributed by atoms with Gasteiger partial charge in [0.05, 0.1) is 0 Å². The summed E-state index contributed by atoms with van der Waals surface area (Å²) in [7, 11) is 0. The van der Waals surface area contributed by atoms with Crippen molar-refractivity contribution in [3.05, 3.63) is 35.4 Å². The van der Waals surface area contributed by atoms with E-state index in [0.717, 1.165) is 6.07 Å². The molecule has 0 unspecified atom stereocenters. The van der Waals surface area contributed by atoms with Crippen LogP contribution in [0.5, 0.6) is 0 Å². The Labute approximate surface area is 92.5 Å². The number of nitrogens with two attached hydrogens (primary N) is 1. The molecule has 1 nitrogen and oxygen atoms in total. The summed E-state index contributed by atoms with van der Waals surface area (Å²) in [5, 5.41) is 0. The summed E-state index contributed by atoms with van der Waals surface area (Å²) in [6.45, 7) is 0. The van der Waals surface area contributed by atoms with E-state index < -0.39 is 17.9 Å². The number of nitrogen functional groups attached to an aromatic ring is 1. The van der Waals surface area contributed by atoms with E-state index in [4.69, 9.17) is 5.73 Å². The highest BCUT2D eigenvalue weighted by atomic mass is 19.4. The van der Waals surface area contributed by atoms with Crippen molar-refractivity contribution in [1.82, 2.24) is 0 Å². The predicted octanol–water partition coefficient (Wildman–Crippen LogP) is 3.78. The third-order valence-corrected chi connectivity index (χ3v) is 1.91. The Balaban J connectivity index is 3.30. The summed E-state index contributed by atoms with van der Waals surface area (Å²) in [4.78, 5) is 0. The molecule has 2 N–H and O–H groups in total. The number of benzene rings is 1. The minimum Gasteiger partial charge on any atom is -0.398 e. The SMILES string of the molecule is Nc1ccccc1C=C(C(F)(F)F)C(F)(F)F. The maximum absolute atomic E-state index is 12.2. The van der Waals surface area contributed by atoms with Gasteiger partial charge in [0.2, 0.25) is 0 Å². The van der Waals surface area contributed by atoms with Gasteiger partial charge in [-0.25, -0.2) is 0 Å². The molecule has 0 saturated heterocycles. The van der Waals surface area contributed by atoms with Crippen molar-refractivity contribution in [2.45, 2.75) is 12.4 Å². The lowest BCUT2D eigenvalue weighted by atomic mass is 10.1. The molecular weight excluding hydrogens is 248 g/mol. The maximum Gasteiger partial charge on any atom is 0.421 e. The van der Waals surface area contributed by atoms with Gasteiger partial charge in [-0.1, -0.05) is 18.2 Å². The highest BCUT2D eigenvalue weighted by Crippen LogP contribution is 2.40. The summed E-state index contributed by atoms with van der Waals surface area (Å²) in [6.07, 6.45) is -10.9. The van der Waals surface area contributed by atoms with Crippen LogP contribution in [0.1, 0.15) is 5.56 Å². The first-order chi connectivity index (χ1) is 7.62. The second-order valence-electron chi connectivity index (χ2n) is 3.18. The quantitative estimate of drug-likeness (QED) is 0.599. The highest BCUT2D eigenvalue weighted by molar-refractivity contribution is 5.67. The molecule has 0 aliphatic carbocycles. The Morgan fingerprint density at radius 2 is 1.41 bits per heavy atom. The highest BCUT2D eigenvalue weighted by Gasteiger charge is 2.50. The molecule has 0 radical (unpaired) electrons. The first-order valence-corrected chi connectivity index (χ1v) is 4.33. The summed E-state index contributed by atoms with van der Waals surface area (Å²) in [6, 6.07) is 5.00. The van der Waals surface area contributed by atoms with E-state index in [0.29, 0.717) is 0 Å². The Hall–Kier alpha value is -1.66. The van der Waals surface area contributed by atoms with Crippen molar-refractivity contribution < 1.29 is 26.3 Å². The largest absolute Gasteiger partial charge is 0.421 e. The molecule has 0 amide bonds. The molecule has 0 fully saturated rings. The predicted molar refractivity (Wildman–Crippen MR) is 50.9 cm³/mol. The monoisotopic (exact) mass is 255 g/mol. The van der Waals surface area contributed by atoms with Crippen LogP contribution in [0.3, 0.4) is 0 Å². The molecule has 0 bridgehead atoms. The Morgan fingerprint density at radius 1 is 0.941 bits per heavy atom. The van der Waals surface area contributed by atoms with Gasteiger partial charge >= 0.3 is 12.4 Å². The molecule has 0 atom stereocenters. The zero-order valence-electron chi connectivity index (χ0n) is 8.23. The van der Waals surface area contributed by atoms with Gasteiger partial charge in [-0.2, -0.15) is 26.3 Å². The third kappa shape index (κ3) is 3.40. The van der Waals surface area contributed by atoms with Crippen molar-refractivity contribution in [3.8, 4) is 0 Å². The van der Waals surface area contributed by atoms with Crippen LogP contribution in [0.25, 0.3) is 6.08 Å². The first-order valence-electron chi connectivity index (χ1n) is 4.33. The maximum atomic E-state index is 12.2. The standard InChI is InChI=1S/C10H7F6N/c11-9(12,13)8(10(14,15)16)5-6-3-1-2-4-7(6)17/h1-5H,17H2. The van der Waals surface area contributed by atoms with E-state index in [1.54, 1.807) is 0 Å². The molecule has 0 spiro atoms. The Morgan fingerprint density at radius 3 is 1.82 bits per heavy atom. The minimum absolute atomic E-state index is 0.00463. The lowest BCUT2D eigenvalue weighted by molar-refractivity contribution is -0.170. The van der Waals surface area contributed by atoms with E-state index in [2.05, 4.69) is 0 Å². The fourth-order valence-electron chi connectivity index (χ4n) is 1.12. The Bertz CT molecular complexity index is 413. The molecule has 1 aromatic carbocycles. The summed E-state index contributed by atoms with van der Waals surface area (Å²) < 4.78 is 73.2. The third-order valence-electron chi connectivity index (χ3n) is 1.91.